The van der Waals surface area contributed by atoms with Gasteiger partial charge in [0.2, 0.25) is 5.16 Å². The summed E-state index contributed by atoms with van der Waals surface area (Å²) in [6.07, 6.45) is 3.36. The quantitative estimate of drug-likeness (QED) is 0.504. The van der Waals surface area contributed by atoms with Gasteiger partial charge in [-0.1, -0.05) is 29.5 Å². The molecule has 24 heavy (non-hydrogen) atoms. The molecule has 120 valence electrons. The van der Waals surface area contributed by atoms with Gasteiger partial charge < -0.3 is 4.42 Å². The average molecular weight is 355 g/mol. The third-order valence-electron chi connectivity index (χ3n) is 3.39. The van der Waals surface area contributed by atoms with E-state index >= 15 is 0 Å². The normalized spacial score (nSPS) is 11.0. The highest BCUT2D eigenvalue weighted by atomic mass is 32.2. The summed E-state index contributed by atoms with van der Waals surface area (Å²) in [5.74, 6) is 0.709. The number of hydrogen-bond acceptors (Lipinski definition) is 7. The van der Waals surface area contributed by atoms with Crippen LogP contribution in [0.1, 0.15) is 11.3 Å². The van der Waals surface area contributed by atoms with Crippen LogP contribution in [0.5, 0.6) is 0 Å². The number of aryl methyl sites for hydroxylation is 1. The van der Waals surface area contributed by atoms with Crippen molar-refractivity contribution in [3.8, 4) is 16.3 Å². The Hall–Kier alpha value is -2.45. The van der Waals surface area contributed by atoms with Crippen LogP contribution in [0.25, 0.3) is 16.3 Å². The van der Waals surface area contributed by atoms with Gasteiger partial charge in [0.05, 0.1) is 17.6 Å². The standard InChI is InChI=1S/C16H13N5OS2/c1-11-2-4-14(5-3-11)21-16(18-19-20-21)24-10-13-9-23-15(17-13)12-6-7-22-8-12/h2-9H,10H2,1H3. The second kappa shape index (κ2) is 6.58. The first kappa shape index (κ1) is 15.1. The monoisotopic (exact) mass is 355 g/mol. The lowest BCUT2D eigenvalue weighted by atomic mass is 10.2. The number of tetrazole rings is 1. The molecular weight excluding hydrogens is 342 g/mol. The van der Waals surface area contributed by atoms with E-state index in [2.05, 4.69) is 32.8 Å². The lowest BCUT2D eigenvalue weighted by Crippen LogP contribution is -1.99. The number of aromatic nitrogens is 5. The van der Waals surface area contributed by atoms with Crippen LogP contribution in [0, 0.1) is 6.92 Å². The molecule has 6 nitrogen and oxygen atoms in total. The Kier molecular flexibility index (Phi) is 4.14. The van der Waals surface area contributed by atoms with Crippen molar-refractivity contribution in [1.29, 1.82) is 0 Å². The van der Waals surface area contributed by atoms with Crippen molar-refractivity contribution in [2.75, 3.05) is 0 Å². The zero-order valence-electron chi connectivity index (χ0n) is 12.8. The molecule has 0 aliphatic carbocycles. The van der Waals surface area contributed by atoms with E-state index < -0.39 is 0 Å². The summed E-state index contributed by atoms with van der Waals surface area (Å²) in [7, 11) is 0. The van der Waals surface area contributed by atoms with Crippen molar-refractivity contribution in [2.24, 2.45) is 0 Å². The molecule has 0 spiro atoms. The highest BCUT2D eigenvalue weighted by Crippen LogP contribution is 2.28. The minimum absolute atomic E-state index is 0.709. The van der Waals surface area contributed by atoms with E-state index in [1.54, 1.807) is 40.3 Å². The third-order valence-corrected chi connectivity index (χ3v) is 5.28. The highest BCUT2D eigenvalue weighted by molar-refractivity contribution is 7.98. The molecule has 0 bridgehead atoms. The largest absolute Gasteiger partial charge is 0.472 e. The Morgan fingerprint density at radius 2 is 2.08 bits per heavy atom. The molecule has 4 rings (SSSR count). The molecule has 4 aromatic rings. The van der Waals surface area contributed by atoms with Crippen LogP contribution in [0.15, 0.2) is 57.8 Å². The van der Waals surface area contributed by atoms with Crippen molar-refractivity contribution < 1.29 is 4.42 Å². The van der Waals surface area contributed by atoms with E-state index in [1.807, 2.05) is 30.3 Å². The van der Waals surface area contributed by atoms with Gasteiger partial charge in [-0.25, -0.2) is 4.98 Å². The minimum atomic E-state index is 0.709. The zero-order valence-corrected chi connectivity index (χ0v) is 14.4. The zero-order chi connectivity index (χ0) is 16.4. The molecule has 8 heteroatoms. The van der Waals surface area contributed by atoms with Crippen LogP contribution in [0.4, 0.5) is 0 Å². The molecule has 1 aromatic carbocycles. The van der Waals surface area contributed by atoms with Crippen LogP contribution in [-0.2, 0) is 5.75 Å². The molecule has 3 aromatic heterocycles. The maximum atomic E-state index is 5.10. The van der Waals surface area contributed by atoms with Crippen LogP contribution >= 0.6 is 23.1 Å². The Balaban J connectivity index is 1.49. The summed E-state index contributed by atoms with van der Waals surface area (Å²) in [5.41, 5.74) is 4.15. The van der Waals surface area contributed by atoms with Crippen molar-refractivity contribution in [3.63, 3.8) is 0 Å². The fourth-order valence-electron chi connectivity index (χ4n) is 2.15. The van der Waals surface area contributed by atoms with Gasteiger partial charge in [-0.3, -0.25) is 0 Å². The van der Waals surface area contributed by atoms with Gasteiger partial charge in [-0.2, -0.15) is 4.68 Å². The molecule has 0 unspecified atom stereocenters. The van der Waals surface area contributed by atoms with E-state index in [1.165, 1.54) is 5.56 Å². The van der Waals surface area contributed by atoms with Crippen LogP contribution in [0.2, 0.25) is 0 Å². The van der Waals surface area contributed by atoms with E-state index in [0.29, 0.717) is 5.75 Å². The summed E-state index contributed by atoms with van der Waals surface area (Å²) >= 11 is 3.17. The number of thiazole rings is 1. The Labute approximate surface area is 146 Å². The smallest absolute Gasteiger partial charge is 0.214 e. The molecule has 0 atom stereocenters. The van der Waals surface area contributed by atoms with Crippen molar-refractivity contribution >= 4 is 23.1 Å². The molecule has 0 N–H and O–H groups in total. The summed E-state index contributed by atoms with van der Waals surface area (Å²) in [4.78, 5) is 4.63. The lowest BCUT2D eigenvalue weighted by Gasteiger charge is -2.03. The molecule has 0 aliphatic heterocycles. The van der Waals surface area contributed by atoms with Gasteiger partial charge in [-0.05, 0) is 35.5 Å². The van der Waals surface area contributed by atoms with Crippen molar-refractivity contribution in [1.82, 2.24) is 25.2 Å². The Morgan fingerprint density at radius 1 is 1.21 bits per heavy atom. The lowest BCUT2D eigenvalue weighted by molar-refractivity contribution is 0.568. The average Bonchev–Trinajstić information content (AvgIpc) is 3.34. The van der Waals surface area contributed by atoms with E-state index in [-0.39, 0.29) is 0 Å². The fourth-order valence-corrected chi connectivity index (χ4v) is 3.84. The van der Waals surface area contributed by atoms with Gasteiger partial charge in [0.15, 0.2) is 0 Å². The number of hydrogen-bond donors (Lipinski definition) is 0. The molecular formula is C16H13N5OS2. The molecule has 0 aliphatic rings. The van der Waals surface area contributed by atoms with Crippen molar-refractivity contribution in [3.05, 3.63) is 59.5 Å². The van der Waals surface area contributed by atoms with Gasteiger partial charge in [0.1, 0.15) is 11.3 Å². The fraction of sp³-hybridized carbons (Fsp3) is 0.125. The summed E-state index contributed by atoms with van der Waals surface area (Å²) in [6.45, 7) is 2.05. The second-order valence-corrected chi connectivity index (χ2v) is 6.95. The topological polar surface area (TPSA) is 69.6 Å². The van der Waals surface area contributed by atoms with Crippen LogP contribution in [-0.4, -0.2) is 25.2 Å². The van der Waals surface area contributed by atoms with Gasteiger partial charge in [0, 0.05) is 16.7 Å². The number of benzene rings is 1. The molecule has 0 amide bonds. The van der Waals surface area contributed by atoms with E-state index in [4.69, 9.17) is 4.42 Å². The van der Waals surface area contributed by atoms with Crippen LogP contribution in [0.3, 0.4) is 0 Å². The highest BCUT2D eigenvalue weighted by Gasteiger charge is 2.11. The maximum absolute atomic E-state index is 5.10. The summed E-state index contributed by atoms with van der Waals surface area (Å²) in [6, 6.07) is 10.0. The Bertz CT molecular complexity index is 928. The molecule has 0 saturated carbocycles. The SMILES string of the molecule is Cc1ccc(-n2nnnc2SCc2csc(-c3ccoc3)n2)cc1. The molecule has 0 saturated heterocycles. The molecule has 3 heterocycles. The number of thioether (sulfide) groups is 1. The number of furan rings is 1. The minimum Gasteiger partial charge on any atom is -0.472 e. The van der Waals surface area contributed by atoms with Gasteiger partial charge in [-0.15, -0.1) is 16.4 Å². The predicted octanol–water partition coefficient (Wildman–Crippen LogP) is 3.98. The molecule has 0 fully saturated rings. The first-order valence-corrected chi connectivity index (χ1v) is 9.11. The van der Waals surface area contributed by atoms with E-state index in [0.717, 1.165) is 27.1 Å². The third kappa shape index (κ3) is 3.10. The number of nitrogens with zero attached hydrogens (tertiary/aromatic N) is 5. The number of rotatable bonds is 5. The van der Waals surface area contributed by atoms with Gasteiger partial charge >= 0.3 is 0 Å². The summed E-state index contributed by atoms with van der Waals surface area (Å²) < 4.78 is 6.85. The summed E-state index contributed by atoms with van der Waals surface area (Å²) in [5, 5.41) is 15.7. The van der Waals surface area contributed by atoms with E-state index in [9.17, 15) is 0 Å². The first-order valence-electron chi connectivity index (χ1n) is 7.25. The molecule has 0 radical (unpaired) electrons. The maximum Gasteiger partial charge on any atom is 0.214 e. The van der Waals surface area contributed by atoms with Crippen LogP contribution < -0.4 is 0 Å². The van der Waals surface area contributed by atoms with Crippen molar-refractivity contribution in [2.45, 2.75) is 17.8 Å². The van der Waals surface area contributed by atoms with Gasteiger partial charge in [0.25, 0.3) is 0 Å². The first-order chi connectivity index (χ1) is 11.8. The second-order valence-electron chi connectivity index (χ2n) is 5.15. The Morgan fingerprint density at radius 3 is 2.88 bits per heavy atom. The predicted molar refractivity (Wildman–Crippen MR) is 93.3 cm³/mol.